The van der Waals surface area contributed by atoms with Gasteiger partial charge in [0.1, 0.15) is 16.9 Å². The lowest BCUT2D eigenvalue weighted by atomic mass is 10.3. The van der Waals surface area contributed by atoms with E-state index in [4.69, 9.17) is 4.63 Å². The SMILES string of the molecule is c1ccc(N2CCN(Sc3cccc4nonc34)CC2)nc1. The van der Waals surface area contributed by atoms with Gasteiger partial charge in [0.15, 0.2) is 0 Å². The van der Waals surface area contributed by atoms with Crippen molar-refractivity contribution in [2.45, 2.75) is 4.90 Å². The summed E-state index contributed by atoms with van der Waals surface area (Å²) in [6.07, 6.45) is 1.84. The molecular formula is C15H15N5OS. The second-order valence-electron chi connectivity index (χ2n) is 5.08. The Kier molecular flexibility index (Phi) is 3.65. The first-order valence-electron chi connectivity index (χ1n) is 7.20. The Bertz CT molecular complexity index is 755. The predicted molar refractivity (Wildman–Crippen MR) is 85.7 cm³/mol. The number of benzene rings is 1. The Hall–Kier alpha value is -2.12. The Morgan fingerprint density at radius 3 is 2.68 bits per heavy atom. The van der Waals surface area contributed by atoms with E-state index in [0.29, 0.717) is 0 Å². The molecule has 1 aromatic carbocycles. The minimum absolute atomic E-state index is 0.803. The molecule has 0 radical (unpaired) electrons. The van der Waals surface area contributed by atoms with Crippen LogP contribution in [0.4, 0.5) is 5.82 Å². The van der Waals surface area contributed by atoms with Gasteiger partial charge < -0.3 is 4.90 Å². The number of nitrogens with zero attached hydrogens (tertiary/aromatic N) is 5. The van der Waals surface area contributed by atoms with Gasteiger partial charge in [-0.1, -0.05) is 12.1 Å². The van der Waals surface area contributed by atoms with Crippen molar-refractivity contribution in [1.29, 1.82) is 0 Å². The van der Waals surface area contributed by atoms with Gasteiger partial charge in [0.05, 0.1) is 4.90 Å². The second-order valence-corrected chi connectivity index (χ2v) is 6.22. The zero-order valence-electron chi connectivity index (χ0n) is 11.9. The highest BCUT2D eigenvalue weighted by Crippen LogP contribution is 2.29. The quantitative estimate of drug-likeness (QED) is 0.688. The Morgan fingerprint density at radius 1 is 0.955 bits per heavy atom. The average molecular weight is 313 g/mol. The molecule has 1 aliphatic rings. The van der Waals surface area contributed by atoms with Crippen LogP contribution in [0.25, 0.3) is 11.0 Å². The molecule has 4 rings (SSSR count). The van der Waals surface area contributed by atoms with Crippen molar-refractivity contribution in [3.05, 3.63) is 42.6 Å². The summed E-state index contributed by atoms with van der Waals surface area (Å²) in [7, 11) is 0. The number of hydrogen-bond acceptors (Lipinski definition) is 7. The van der Waals surface area contributed by atoms with Gasteiger partial charge in [-0.25, -0.2) is 13.9 Å². The van der Waals surface area contributed by atoms with Crippen LogP contribution in [0, 0.1) is 0 Å². The standard InChI is InChI=1S/C15H15N5OS/c1-2-7-16-14(6-1)19-8-10-20(11-9-19)22-13-5-3-4-12-15(13)18-21-17-12/h1-7H,8-11H2. The molecule has 0 aliphatic carbocycles. The van der Waals surface area contributed by atoms with Gasteiger partial charge in [-0.2, -0.15) is 0 Å². The van der Waals surface area contributed by atoms with Crippen LogP contribution in [-0.4, -0.2) is 45.8 Å². The fourth-order valence-corrected chi connectivity index (χ4v) is 3.54. The fraction of sp³-hybridized carbons (Fsp3) is 0.267. The lowest BCUT2D eigenvalue weighted by molar-refractivity contribution is 0.315. The Balaban J connectivity index is 1.43. The molecule has 7 heteroatoms. The number of piperazine rings is 1. The summed E-state index contributed by atoms with van der Waals surface area (Å²) in [5.74, 6) is 1.05. The van der Waals surface area contributed by atoms with E-state index < -0.39 is 0 Å². The maximum atomic E-state index is 4.82. The van der Waals surface area contributed by atoms with Crippen LogP contribution < -0.4 is 4.90 Å². The summed E-state index contributed by atoms with van der Waals surface area (Å²) in [4.78, 5) is 7.82. The van der Waals surface area contributed by atoms with Crippen molar-refractivity contribution < 1.29 is 4.63 Å². The molecule has 3 heterocycles. The monoisotopic (exact) mass is 313 g/mol. The van der Waals surface area contributed by atoms with Gasteiger partial charge in [-0.05, 0) is 46.5 Å². The maximum Gasteiger partial charge on any atom is 0.150 e. The third kappa shape index (κ3) is 2.65. The minimum Gasteiger partial charge on any atom is -0.354 e. The Labute approximate surface area is 132 Å². The van der Waals surface area contributed by atoms with Crippen molar-refractivity contribution in [2.24, 2.45) is 0 Å². The molecule has 0 atom stereocenters. The molecule has 0 amide bonds. The zero-order chi connectivity index (χ0) is 14.8. The van der Waals surface area contributed by atoms with Crippen molar-refractivity contribution >= 4 is 28.8 Å². The van der Waals surface area contributed by atoms with Gasteiger partial charge in [-0.15, -0.1) is 0 Å². The van der Waals surface area contributed by atoms with E-state index in [0.717, 1.165) is 47.9 Å². The summed E-state index contributed by atoms with van der Waals surface area (Å²) in [5.41, 5.74) is 1.64. The number of anilines is 1. The maximum absolute atomic E-state index is 4.82. The second kappa shape index (κ2) is 5.94. The molecule has 0 N–H and O–H groups in total. The van der Waals surface area contributed by atoms with Crippen LogP contribution in [0.5, 0.6) is 0 Å². The van der Waals surface area contributed by atoms with Crippen LogP contribution >= 0.6 is 11.9 Å². The summed E-state index contributed by atoms with van der Waals surface area (Å²) in [5, 5.41) is 7.88. The van der Waals surface area contributed by atoms with E-state index in [1.165, 1.54) is 0 Å². The van der Waals surface area contributed by atoms with Crippen molar-refractivity contribution in [3.63, 3.8) is 0 Å². The highest BCUT2D eigenvalue weighted by atomic mass is 32.2. The molecule has 0 saturated carbocycles. The minimum atomic E-state index is 0.803. The summed E-state index contributed by atoms with van der Waals surface area (Å²) >= 11 is 1.72. The van der Waals surface area contributed by atoms with Gasteiger partial charge in [-0.3, -0.25) is 0 Å². The van der Waals surface area contributed by atoms with E-state index in [9.17, 15) is 0 Å². The van der Waals surface area contributed by atoms with E-state index in [1.807, 2.05) is 30.5 Å². The topological polar surface area (TPSA) is 58.3 Å². The molecule has 3 aromatic rings. The van der Waals surface area contributed by atoms with Gasteiger partial charge in [0.25, 0.3) is 0 Å². The van der Waals surface area contributed by atoms with Gasteiger partial charge in [0.2, 0.25) is 0 Å². The lowest BCUT2D eigenvalue weighted by Gasteiger charge is -2.34. The molecule has 1 fully saturated rings. The van der Waals surface area contributed by atoms with E-state index in [-0.39, 0.29) is 0 Å². The molecule has 0 bridgehead atoms. The molecule has 112 valence electrons. The van der Waals surface area contributed by atoms with Crippen molar-refractivity contribution in [1.82, 2.24) is 19.6 Å². The lowest BCUT2D eigenvalue weighted by Crippen LogP contribution is -2.43. The van der Waals surface area contributed by atoms with Gasteiger partial charge >= 0.3 is 0 Å². The van der Waals surface area contributed by atoms with Crippen molar-refractivity contribution in [2.75, 3.05) is 31.1 Å². The van der Waals surface area contributed by atoms with Crippen LogP contribution in [0.3, 0.4) is 0 Å². The van der Waals surface area contributed by atoms with E-state index in [2.05, 4.69) is 36.6 Å². The number of pyridine rings is 1. The first kappa shape index (κ1) is 13.5. The molecule has 1 saturated heterocycles. The van der Waals surface area contributed by atoms with Crippen molar-refractivity contribution in [3.8, 4) is 0 Å². The average Bonchev–Trinajstić information content (AvgIpc) is 3.06. The highest BCUT2D eigenvalue weighted by molar-refractivity contribution is 7.97. The predicted octanol–water partition coefficient (Wildman–Crippen LogP) is 2.45. The molecule has 2 aromatic heterocycles. The number of hydrogen-bond donors (Lipinski definition) is 0. The number of fused-ring (bicyclic) bond motifs is 1. The fourth-order valence-electron chi connectivity index (χ4n) is 2.54. The zero-order valence-corrected chi connectivity index (χ0v) is 12.7. The van der Waals surface area contributed by atoms with Crippen LogP contribution in [0.15, 0.2) is 52.1 Å². The molecule has 1 aliphatic heterocycles. The molecule has 0 unspecified atom stereocenters. The van der Waals surface area contributed by atoms with E-state index in [1.54, 1.807) is 11.9 Å². The largest absolute Gasteiger partial charge is 0.354 e. The molecular weight excluding hydrogens is 298 g/mol. The summed E-state index contributed by atoms with van der Waals surface area (Å²) in [6, 6.07) is 12.0. The summed E-state index contributed by atoms with van der Waals surface area (Å²) < 4.78 is 7.17. The third-order valence-electron chi connectivity index (χ3n) is 3.69. The summed E-state index contributed by atoms with van der Waals surface area (Å²) in [6.45, 7) is 3.89. The Morgan fingerprint density at radius 2 is 1.86 bits per heavy atom. The van der Waals surface area contributed by atoms with Gasteiger partial charge in [0, 0.05) is 32.4 Å². The van der Waals surface area contributed by atoms with Crippen LogP contribution in [0.2, 0.25) is 0 Å². The third-order valence-corrected chi connectivity index (χ3v) is 4.84. The highest BCUT2D eigenvalue weighted by Gasteiger charge is 2.20. The first-order valence-corrected chi connectivity index (χ1v) is 7.98. The van der Waals surface area contributed by atoms with Crippen LogP contribution in [-0.2, 0) is 0 Å². The van der Waals surface area contributed by atoms with Crippen LogP contribution in [0.1, 0.15) is 0 Å². The number of rotatable bonds is 3. The molecule has 0 spiro atoms. The molecule has 6 nitrogen and oxygen atoms in total. The number of aromatic nitrogens is 3. The normalized spacial score (nSPS) is 16.3. The first-order chi connectivity index (χ1) is 10.9. The molecule has 22 heavy (non-hydrogen) atoms. The smallest absolute Gasteiger partial charge is 0.150 e. The van der Waals surface area contributed by atoms with E-state index >= 15 is 0 Å².